The van der Waals surface area contributed by atoms with Crippen LogP contribution in [-0.4, -0.2) is 11.5 Å². The van der Waals surface area contributed by atoms with E-state index in [1.54, 1.807) is 6.07 Å². The molecule has 0 fully saturated rings. The molecule has 1 aromatic rings. The molecule has 82 valence electrons. The molecule has 0 saturated heterocycles. The molecule has 0 aliphatic rings. The molecule has 0 aliphatic carbocycles. The lowest BCUT2D eigenvalue weighted by atomic mass is 10.3. The van der Waals surface area contributed by atoms with E-state index in [4.69, 9.17) is 4.42 Å². The summed E-state index contributed by atoms with van der Waals surface area (Å²) < 4.78 is 4.97. The van der Waals surface area contributed by atoms with Crippen molar-refractivity contribution in [1.29, 1.82) is 0 Å². The van der Waals surface area contributed by atoms with Crippen LogP contribution in [0, 0.1) is 10.1 Å². The van der Waals surface area contributed by atoms with Crippen molar-refractivity contribution in [2.75, 3.05) is 6.54 Å². The predicted molar refractivity (Wildman–Crippen MR) is 56.5 cm³/mol. The summed E-state index contributed by atoms with van der Waals surface area (Å²) in [6.45, 7) is 5.26. The van der Waals surface area contributed by atoms with Gasteiger partial charge in [0.05, 0.1) is 12.6 Å². The lowest BCUT2D eigenvalue weighted by molar-refractivity contribution is -0.402. The highest BCUT2D eigenvalue weighted by Gasteiger charge is 2.10. The molecule has 0 bridgehead atoms. The van der Waals surface area contributed by atoms with E-state index in [1.807, 2.05) is 19.9 Å². The number of allylic oxidation sites excluding steroid dienone is 1. The van der Waals surface area contributed by atoms with Gasteiger partial charge in [-0.05, 0) is 19.9 Å². The molecular formula is C10H14N2O3. The fourth-order valence-corrected chi connectivity index (χ4v) is 1.03. The van der Waals surface area contributed by atoms with Gasteiger partial charge in [0.1, 0.15) is 10.7 Å². The Morgan fingerprint density at radius 3 is 2.87 bits per heavy atom. The fourth-order valence-electron chi connectivity index (χ4n) is 1.03. The molecule has 5 heteroatoms. The van der Waals surface area contributed by atoms with E-state index in [1.165, 1.54) is 11.6 Å². The molecule has 15 heavy (non-hydrogen) atoms. The lowest BCUT2D eigenvalue weighted by Gasteiger charge is -1.97. The standard InChI is InChI=1S/C10H14N2O3/c1-8(2)5-6-11-7-9-3-4-10(15-9)12(13)14/h3-5,11H,6-7H2,1-2H3. The normalized spacial score (nSPS) is 10.0. The van der Waals surface area contributed by atoms with E-state index in [2.05, 4.69) is 5.32 Å². The number of hydrogen-bond acceptors (Lipinski definition) is 4. The second-order valence-electron chi connectivity index (χ2n) is 3.41. The first-order valence-electron chi connectivity index (χ1n) is 4.67. The van der Waals surface area contributed by atoms with Crippen molar-refractivity contribution in [3.8, 4) is 0 Å². The molecule has 0 aromatic carbocycles. The van der Waals surface area contributed by atoms with Gasteiger partial charge in [-0.2, -0.15) is 0 Å². The Morgan fingerprint density at radius 1 is 1.60 bits per heavy atom. The Hall–Kier alpha value is -1.62. The molecule has 1 rings (SSSR count). The summed E-state index contributed by atoms with van der Waals surface area (Å²) in [6.07, 6.45) is 2.04. The second-order valence-corrected chi connectivity index (χ2v) is 3.41. The van der Waals surface area contributed by atoms with Gasteiger partial charge in [-0.25, -0.2) is 0 Å². The van der Waals surface area contributed by atoms with E-state index >= 15 is 0 Å². The Bertz CT molecular complexity index is 364. The molecule has 1 heterocycles. The first-order valence-corrected chi connectivity index (χ1v) is 4.67. The minimum atomic E-state index is -0.542. The van der Waals surface area contributed by atoms with Gasteiger partial charge in [-0.1, -0.05) is 11.6 Å². The van der Waals surface area contributed by atoms with Crippen LogP contribution in [0.5, 0.6) is 0 Å². The minimum absolute atomic E-state index is 0.214. The zero-order chi connectivity index (χ0) is 11.3. The molecule has 0 atom stereocenters. The zero-order valence-electron chi connectivity index (χ0n) is 8.82. The number of rotatable bonds is 5. The molecule has 0 saturated carbocycles. The lowest BCUT2D eigenvalue weighted by Crippen LogP contribution is -2.12. The van der Waals surface area contributed by atoms with Gasteiger partial charge >= 0.3 is 5.88 Å². The van der Waals surface area contributed by atoms with Gasteiger partial charge in [0.15, 0.2) is 0 Å². The summed E-state index contributed by atoms with van der Waals surface area (Å²) in [4.78, 5) is 9.77. The molecule has 0 amide bonds. The van der Waals surface area contributed by atoms with Crippen LogP contribution in [0.3, 0.4) is 0 Å². The Kier molecular flexibility index (Phi) is 4.05. The van der Waals surface area contributed by atoms with E-state index in [9.17, 15) is 10.1 Å². The van der Waals surface area contributed by atoms with Gasteiger partial charge in [-0.15, -0.1) is 0 Å². The topological polar surface area (TPSA) is 68.3 Å². The number of nitro groups is 1. The summed E-state index contributed by atoms with van der Waals surface area (Å²) in [7, 11) is 0. The first kappa shape index (κ1) is 11.5. The van der Waals surface area contributed by atoms with Crippen LogP contribution in [0.2, 0.25) is 0 Å². The summed E-state index contributed by atoms with van der Waals surface area (Å²) in [5.74, 6) is 0.359. The van der Waals surface area contributed by atoms with Gasteiger partial charge in [0.2, 0.25) is 0 Å². The number of furan rings is 1. The smallest absolute Gasteiger partial charge is 0.404 e. The maximum Gasteiger partial charge on any atom is 0.433 e. The predicted octanol–water partition coefficient (Wildman–Crippen LogP) is 2.24. The van der Waals surface area contributed by atoms with Crippen molar-refractivity contribution in [3.05, 3.63) is 39.7 Å². The van der Waals surface area contributed by atoms with E-state index < -0.39 is 4.92 Å². The maximum absolute atomic E-state index is 10.3. The average molecular weight is 210 g/mol. The van der Waals surface area contributed by atoms with Crippen LogP contribution in [0.15, 0.2) is 28.2 Å². The summed E-state index contributed by atoms with van der Waals surface area (Å²) >= 11 is 0. The number of nitrogens with one attached hydrogen (secondary N) is 1. The van der Waals surface area contributed by atoms with E-state index in [-0.39, 0.29) is 5.88 Å². The van der Waals surface area contributed by atoms with Crippen molar-refractivity contribution in [3.63, 3.8) is 0 Å². The van der Waals surface area contributed by atoms with E-state index in [0.29, 0.717) is 12.3 Å². The highest BCUT2D eigenvalue weighted by molar-refractivity contribution is 5.17. The Labute approximate surface area is 87.9 Å². The molecule has 0 radical (unpaired) electrons. The van der Waals surface area contributed by atoms with Gasteiger partial charge in [0.25, 0.3) is 0 Å². The monoisotopic (exact) mass is 210 g/mol. The molecule has 1 N–H and O–H groups in total. The zero-order valence-corrected chi connectivity index (χ0v) is 8.82. The highest BCUT2D eigenvalue weighted by Crippen LogP contribution is 2.14. The fraction of sp³-hybridized carbons (Fsp3) is 0.400. The van der Waals surface area contributed by atoms with Gasteiger partial charge < -0.3 is 9.73 Å². The Balaban J connectivity index is 2.38. The van der Waals surface area contributed by atoms with E-state index in [0.717, 1.165) is 6.54 Å². The van der Waals surface area contributed by atoms with Gasteiger partial charge in [0, 0.05) is 6.54 Å². The number of nitrogens with zero attached hydrogens (tertiary/aromatic N) is 1. The van der Waals surface area contributed by atoms with Crippen LogP contribution >= 0.6 is 0 Å². The van der Waals surface area contributed by atoms with Crippen molar-refractivity contribution in [2.24, 2.45) is 0 Å². The third kappa shape index (κ3) is 3.95. The van der Waals surface area contributed by atoms with Crippen molar-refractivity contribution in [2.45, 2.75) is 20.4 Å². The second kappa shape index (κ2) is 5.31. The Morgan fingerprint density at radius 2 is 2.33 bits per heavy atom. The summed E-state index contributed by atoms with van der Waals surface area (Å²) in [5, 5.41) is 13.4. The molecule has 5 nitrogen and oxygen atoms in total. The molecule has 0 spiro atoms. The van der Waals surface area contributed by atoms with Crippen LogP contribution < -0.4 is 5.32 Å². The van der Waals surface area contributed by atoms with Gasteiger partial charge in [-0.3, -0.25) is 10.1 Å². The van der Waals surface area contributed by atoms with Crippen LogP contribution in [0.4, 0.5) is 5.88 Å². The minimum Gasteiger partial charge on any atom is -0.404 e. The quantitative estimate of drug-likeness (QED) is 0.350. The molecular weight excluding hydrogens is 196 g/mol. The number of hydrogen-bond donors (Lipinski definition) is 1. The third-order valence-electron chi connectivity index (χ3n) is 1.78. The van der Waals surface area contributed by atoms with Crippen molar-refractivity contribution < 1.29 is 9.34 Å². The largest absolute Gasteiger partial charge is 0.433 e. The van der Waals surface area contributed by atoms with Crippen LogP contribution in [0.25, 0.3) is 0 Å². The molecule has 0 aliphatic heterocycles. The van der Waals surface area contributed by atoms with Crippen LogP contribution in [-0.2, 0) is 6.54 Å². The average Bonchev–Trinajstić information content (AvgIpc) is 2.60. The maximum atomic E-state index is 10.3. The first-order chi connectivity index (χ1) is 7.09. The molecule has 1 aromatic heterocycles. The van der Waals surface area contributed by atoms with Crippen molar-refractivity contribution in [1.82, 2.24) is 5.32 Å². The summed E-state index contributed by atoms with van der Waals surface area (Å²) in [6, 6.07) is 2.96. The third-order valence-corrected chi connectivity index (χ3v) is 1.78. The summed E-state index contributed by atoms with van der Waals surface area (Å²) in [5.41, 5.74) is 1.23. The molecule has 0 unspecified atom stereocenters. The van der Waals surface area contributed by atoms with Crippen LogP contribution in [0.1, 0.15) is 19.6 Å². The highest BCUT2D eigenvalue weighted by atomic mass is 16.6. The van der Waals surface area contributed by atoms with Crippen molar-refractivity contribution >= 4 is 5.88 Å². The SMILES string of the molecule is CC(C)=CCNCc1ccc([N+](=O)[O-])o1.